The minimum Gasteiger partial charge on any atom is -0.431 e. The molecule has 0 amide bonds. The number of rotatable bonds is 6. The lowest BCUT2D eigenvalue weighted by atomic mass is 9.86. The number of anilines is 3. The standard InChI is InChI=1S/C23H23F2N7OS/c24-21(25)33-18-5-12(7-28-20(18)26)16-6-17(30-22(29-16)32-8-11-3-13(32)4-11)19-14-9-31(10-15(14)19)23-27-1-2-34-23/h1-2,5-7,11,13-15,19,21H,3-4,8-10H2,(H2,26,28)/t11?,13?,14-,15+,19+. The van der Waals surface area contributed by atoms with E-state index in [1.54, 1.807) is 17.5 Å². The van der Waals surface area contributed by atoms with Gasteiger partial charge in [0.2, 0.25) is 5.95 Å². The van der Waals surface area contributed by atoms with Crippen LogP contribution in [0, 0.1) is 17.8 Å². The van der Waals surface area contributed by atoms with E-state index in [1.165, 1.54) is 18.9 Å². The number of ether oxygens (including phenoxy) is 1. The second-order valence-corrected chi connectivity index (χ2v) is 10.6. The molecule has 0 radical (unpaired) electrons. The molecule has 11 heteroatoms. The van der Waals surface area contributed by atoms with Crippen LogP contribution in [0.4, 0.5) is 25.7 Å². The third-order valence-corrected chi connectivity index (χ3v) is 8.55. The summed E-state index contributed by atoms with van der Waals surface area (Å²) in [5, 5.41) is 3.08. The highest BCUT2D eigenvalue weighted by Crippen LogP contribution is 2.59. The van der Waals surface area contributed by atoms with Gasteiger partial charge in [0.1, 0.15) is 0 Å². The number of pyridine rings is 1. The molecule has 2 saturated carbocycles. The molecule has 0 spiro atoms. The summed E-state index contributed by atoms with van der Waals surface area (Å²) in [5.41, 5.74) is 8.03. The van der Waals surface area contributed by atoms with Crippen LogP contribution >= 0.6 is 11.3 Å². The molecule has 2 aliphatic carbocycles. The Hall–Kier alpha value is -3.08. The Morgan fingerprint density at radius 3 is 2.59 bits per heavy atom. The van der Waals surface area contributed by atoms with E-state index in [0.29, 0.717) is 35.1 Å². The Balaban J connectivity index is 1.22. The maximum Gasteiger partial charge on any atom is 0.387 e. The van der Waals surface area contributed by atoms with Crippen molar-refractivity contribution in [1.82, 2.24) is 19.9 Å². The van der Waals surface area contributed by atoms with Crippen LogP contribution in [0.25, 0.3) is 11.3 Å². The summed E-state index contributed by atoms with van der Waals surface area (Å²) < 4.78 is 30.3. The molecule has 8 rings (SSSR count). The molecule has 5 fully saturated rings. The van der Waals surface area contributed by atoms with Crippen molar-refractivity contribution in [3.63, 3.8) is 0 Å². The van der Waals surface area contributed by atoms with Crippen molar-refractivity contribution in [2.75, 3.05) is 35.2 Å². The van der Waals surface area contributed by atoms with Gasteiger partial charge in [-0.25, -0.2) is 19.9 Å². The van der Waals surface area contributed by atoms with Gasteiger partial charge in [0.15, 0.2) is 16.7 Å². The number of hydrogen-bond donors (Lipinski definition) is 1. The lowest BCUT2D eigenvalue weighted by molar-refractivity contribution is -0.0494. The summed E-state index contributed by atoms with van der Waals surface area (Å²) in [5.74, 6) is 2.68. The molecule has 6 heterocycles. The number of halogens is 2. The highest BCUT2D eigenvalue weighted by atomic mass is 32.1. The summed E-state index contributed by atoms with van der Waals surface area (Å²) in [6, 6.07) is 3.97. The van der Waals surface area contributed by atoms with Crippen LogP contribution in [-0.2, 0) is 0 Å². The van der Waals surface area contributed by atoms with Crippen molar-refractivity contribution >= 4 is 28.2 Å². The smallest absolute Gasteiger partial charge is 0.387 e. The monoisotopic (exact) mass is 483 g/mol. The first kappa shape index (κ1) is 20.3. The Kier molecular flexibility index (Phi) is 4.46. The van der Waals surface area contributed by atoms with Crippen molar-refractivity contribution in [2.45, 2.75) is 31.4 Å². The summed E-state index contributed by atoms with van der Waals surface area (Å²) in [7, 11) is 0. The molecule has 0 aromatic carbocycles. The Bertz CT molecular complexity index is 1220. The van der Waals surface area contributed by atoms with E-state index >= 15 is 0 Å². The van der Waals surface area contributed by atoms with Crippen molar-refractivity contribution in [2.24, 2.45) is 17.8 Å². The number of thiazole rings is 1. The first-order valence-electron chi connectivity index (χ1n) is 11.5. The topological polar surface area (TPSA) is 93.3 Å². The lowest BCUT2D eigenvalue weighted by Crippen LogP contribution is -2.30. The van der Waals surface area contributed by atoms with Gasteiger partial charge in [-0.1, -0.05) is 0 Å². The predicted molar refractivity (Wildman–Crippen MR) is 124 cm³/mol. The van der Waals surface area contributed by atoms with Crippen LogP contribution in [0.2, 0.25) is 0 Å². The number of alkyl halides is 2. The van der Waals surface area contributed by atoms with Crippen LogP contribution in [0.5, 0.6) is 5.75 Å². The zero-order valence-corrected chi connectivity index (χ0v) is 19.0. The Morgan fingerprint density at radius 2 is 1.91 bits per heavy atom. The Morgan fingerprint density at radius 1 is 1.09 bits per heavy atom. The minimum absolute atomic E-state index is 0.0714. The number of aromatic nitrogens is 4. The number of fused-ring (bicyclic) bond motifs is 2. The molecule has 176 valence electrons. The first-order valence-corrected chi connectivity index (χ1v) is 12.4. The van der Waals surface area contributed by atoms with Crippen LogP contribution < -0.4 is 20.3 Å². The van der Waals surface area contributed by atoms with Crippen LogP contribution in [0.1, 0.15) is 24.5 Å². The molecular weight excluding hydrogens is 460 g/mol. The van der Waals surface area contributed by atoms with Crippen molar-refractivity contribution in [1.29, 1.82) is 0 Å². The summed E-state index contributed by atoms with van der Waals surface area (Å²) >= 11 is 1.67. The number of nitrogens with zero attached hydrogens (tertiary/aromatic N) is 6. The number of nitrogens with two attached hydrogens (primary N) is 1. The van der Waals surface area contributed by atoms with E-state index in [-0.39, 0.29) is 11.6 Å². The van der Waals surface area contributed by atoms with Gasteiger partial charge in [-0.3, -0.25) is 0 Å². The number of piperidine rings is 1. The number of nitrogen functional groups attached to an aromatic ring is 1. The van der Waals surface area contributed by atoms with Crippen molar-refractivity contribution in [3.8, 4) is 17.0 Å². The fourth-order valence-corrected chi connectivity index (χ4v) is 6.62. The van der Waals surface area contributed by atoms with Gasteiger partial charge in [-0.05, 0) is 42.7 Å². The van der Waals surface area contributed by atoms with Gasteiger partial charge in [0, 0.05) is 54.9 Å². The maximum absolute atomic E-state index is 12.8. The molecule has 3 aliphatic heterocycles. The largest absolute Gasteiger partial charge is 0.431 e. The summed E-state index contributed by atoms with van der Waals surface area (Å²) in [6.45, 7) is -0.0505. The summed E-state index contributed by atoms with van der Waals surface area (Å²) in [4.78, 5) is 23.1. The van der Waals surface area contributed by atoms with Crippen LogP contribution in [0.3, 0.4) is 0 Å². The Labute approximate surface area is 198 Å². The van der Waals surface area contributed by atoms with E-state index in [1.807, 2.05) is 17.6 Å². The molecule has 0 unspecified atom stereocenters. The summed E-state index contributed by atoms with van der Waals surface area (Å²) in [6.07, 6.45) is 5.79. The van der Waals surface area contributed by atoms with Crippen LogP contribution in [0.15, 0.2) is 29.9 Å². The van der Waals surface area contributed by atoms with E-state index in [2.05, 4.69) is 24.5 Å². The van der Waals surface area contributed by atoms with E-state index in [9.17, 15) is 8.78 Å². The van der Waals surface area contributed by atoms with Gasteiger partial charge < -0.3 is 20.3 Å². The lowest BCUT2D eigenvalue weighted by Gasteiger charge is -2.26. The van der Waals surface area contributed by atoms with Gasteiger partial charge in [-0.2, -0.15) is 8.78 Å². The molecule has 5 aliphatic rings. The van der Waals surface area contributed by atoms with E-state index in [0.717, 1.165) is 42.3 Å². The van der Waals surface area contributed by atoms with E-state index < -0.39 is 6.61 Å². The molecule has 8 nitrogen and oxygen atoms in total. The molecule has 34 heavy (non-hydrogen) atoms. The molecule has 3 saturated heterocycles. The third-order valence-electron chi connectivity index (χ3n) is 7.72. The molecule has 2 N–H and O–H groups in total. The van der Waals surface area contributed by atoms with E-state index in [4.69, 9.17) is 15.7 Å². The molecule has 3 aromatic heterocycles. The van der Waals surface area contributed by atoms with Crippen molar-refractivity contribution < 1.29 is 13.5 Å². The molecule has 2 bridgehead atoms. The van der Waals surface area contributed by atoms with Gasteiger partial charge in [0.05, 0.1) is 11.4 Å². The van der Waals surface area contributed by atoms with Gasteiger partial charge in [-0.15, -0.1) is 11.3 Å². The highest BCUT2D eigenvalue weighted by molar-refractivity contribution is 7.13. The maximum atomic E-state index is 12.8. The highest BCUT2D eigenvalue weighted by Gasteiger charge is 2.57. The van der Waals surface area contributed by atoms with Gasteiger partial charge in [0.25, 0.3) is 0 Å². The van der Waals surface area contributed by atoms with Gasteiger partial charge >= 0.3 is 6.61 Å². The first-order chi connectivity index (χ1) is 16.5. The fraction of sp³-hybridized carbons (Fsp3) is 0.478. The minimum atomic E-state index is -2.97. The second-order valence-electron chi connectivity index (χ2n) is 9.68. The van der Waals surface area contributed by atoms with Crippen LogP contribution in [-0.4, -0.2) is 52.2 Å². The third kappa shape index (κ3) is 3.28. The molecular formula is C23H23F2N7OS. The zero-order valence-electron chi connectivity index (χ0n) is 18.2. The SMILES string of the molecule is Nc1ncc(-c2cc([C@H]3[C@@H]4CN(c5nccs5)C[C@@H]43)nc(N3CC4CC3C4)n2)cc1OC(F)F. The second kappa shape index (κ2) is 7.46. The fourth-order valence-electron chi connectivity index (χ4n) is 5.96. The van der Waals surface area contributed by atoms with Crippen molar-refractivity contribution in [3.05, 3.63) is 35.6 Å². The molecule has 3 atom stereocenters. The molecule has 3 aromatic rings. The normalized spacial score (nSPS) is 28.9. The average molecular weight is 484 g/mol. The average Bonchev–Trinajstić information content (AvgIpc) is 3.40. The quantitative estimate of drug-likeness (QED) is 0.568. The number of hydrogen-bond acceptors (Lipinski definition) is 9. The zero-order chi connectivity index (χ0) is 23.0. The predicted octanol–water partition coefficient (Wildman–Crippen LogP) is 3.63.